The molecule has 0 saturated heterocycles. The molecule has 0 saturated carbocycles. The van der Waals surface area contributed by atoms with E-state index in [1.165, 1.54) is 12.8 Å². The topological polar surface area (TPSA) is 46.3 Å². The molecule has 1 aromatic carbocycles. The van der Waals surface area contributed by atoms with Crippen LogP contribution in [0.25, 0.3) is 0 Å². The van der Waals surface area contributed by atoms with E-state index in [2.05, 4.69) is 6.92 Å². The lowest BCUT2D eigenvalue weighted by atomic mass is 10.1. The van der Waals surface area contributed by atoms with Gasteiger partial charge in [-0.1, -0.05) is 38.3 Å². The monoisotopic (exact) mass is 234 g/mol. The highest BCUT2D eigenvalue weighted by molar-refractivity contribution is 5.95. The average Bonchev–Trinajstić information content (AvgIpc) is 2.34. The minimum atomic E-state index is 0.138. The Labute approximate surface area is 104 Å². The van der Waals surface area contributed by atoms with E-state index in [4.69, 9.17) is 5.73 Å². The van der Waals surface area contributed by atoms with Gasteiger partial charge in [-0.3, -0.25) is 4.79 Å². The third-order valence-corrected chi connectivity index (χ3v) is 2.92. The number of benzene rings is 1. The van der Waals surface area contributed by atoms with E-state index in [1.807, 2.05) is 24.3 Å². The number of hydrogen-bond acceptors (Lipinski definition) is 2. The summed E-state index contributed by atoms with van der Waals surface area (Å²) in [5.74, 6) is 0.138. The lowest BCUT2D eigenvalue weighted by Gasteiger charge is -2.19. The molecule has 3 nitrogen and oxygen atoms in total. The number of para-hydroxylation sites is 2. The van der Waals surface area contributed by atoms with Gasteiger partial charge in [0, 0.05) is 13.5 Å². The number of unbranched alkanes of at least 4 members (excludes halogenated alkanes) is 3. The van der Waals surface area contributed by atoms with E-state index in [-0.39, 0.29) is 5.91 Å². The molecule has 1 aromatic rings. The van der Waals surface area contributed by atoms with E-state index < -0.39 is 0 Å². The van der Waals surface area contributed by atoms with Crippen molar-refractivity contribution in [2.24, 2.45) is 0 Å². The number of nitrogens with zero attached hydrogens (tertiary/aromatic N) is 1. The van der Waals surface area contributed by atoms with Gasteiger partial charge in [-0.25, -0.2) is 0 Å². The fraction of sp³-hybridized carbons (Fsp3) is 0.500. The summed E-state index contributed by atoms with van der Waals surface area (Å²) in [5, 5.41) is 0. The number of carbonyl (C=O) groups excluding carboxylic acids is 1. The third kappa shape index (κ3) is 4.10. The van der Waals surface area contributed by atoms with Crippen LogP contribution in [0.3, 0.4) is 0 Å². The van der Waals surface area contributed by atoms with Crippen LogP contribution in [-0.2, 0) is 4.79 Å². The van der Waals surface area contributed by atoms with Gasteiger partial charge in [0.05, 0.1) is 11.4 Å². The van der Waals surface area contributed by atoms with Crippen LogP contribution in [0.1, 0.15) is 39.0 Å². The van der Waals surface area contributed by atoms with Crippen LogP contribution in [0.5, 0.6) is 0 Å². The molecule has 94 valence electrons. The minimum absolute atomic E-state index is 0.138. The SMILES string of the molecule is CCCCCCC(=O)N(C)c1ccccc1N. The Balaban J connectivity index is 2.49. The van der Waals surface area contributed by atoms with Crippen molar-refractivity contribution in [2.75, 3.05) is 17.7 Å². The first-order valence-corrected chi connectivity index (χ1v) is 6.28. The van der Waals surface area contributed by atoms with Crippen molar-refractivity contribution in [3.05, 3.63) is 24.3 Å². The highest BCUT2D eigenvalue weighted by Gasteiger charge is 2.12. The zero-order valence-corrected chi connectivity index (χ0v) is 10.8. The number of carbonyl (C=O) groups is 1. The van der Waals surface area contributed by atoms with Gasteiger partial charge in [-0.2, -0.15) is 0 Å². The average molecular weight is 234 g/mol. The lowest BCUT2D eigenvalue weighted by Crippen LogP contribution is -2.26. The van der Waals surface area contributed by atoms with Gasteiger partial charge >= 0.3 is 0 Å². The summed E-state index contributed by atoms with van der Waals surface area (Å²) < 4.78 is 0. The molecule has 0 aliphatic carbocycles. The number of hydrogen-bond donors (Lipinski definition) is 1. The molecule has 1 rings (SSSR count). The zero-order chi connectivity index (χ0) is 12.7. The van der Waals surface area contributed by atoms with Crippen molar-refractivity contribution in [3.63, 3.8) is 0 Å². The lowest BCUT2D eigenvalue weighted by molar-refractivity contribution is -0.118. The molecule has 0 unspecified atom stereocenters. The predicted molar refractivity (Wildman–Crippen MR) is 73.0 cm³/mol. The van der Waals surface area contributed by atoms with E-state index in [1.54, 1.807) is 11.9 Å². The molecule has 2 N–H and O–H groups in total. The fourth-order valence-electron chi connectivity index (χ4n) is 1.80. The maximum atomic E-state index is 11.9. The second-order valence-corrected chi connectivity index (χ2v) is 4.32. The quantitative estimate of drug-likeness (QED) is 0.607. The van der Waals surface area contributed by atoms with Gasteiger partial charge in [0.15, 0.2) is 0 Å². The predicted octanol–water partition coefficient (Wildman–Crippen LogP) is 3.20. The summed E-state index contributed by atoms with van der Waals surface area (Å²) in [6.45, 7) is 2.17. The van der Waals surface area contributed by atoms with E-state index in [0.717, 1.165) is 18.5 Å². The van der Waals surface area contributed by atoms with Gasteiger partial charge in [0.2, 0.25) is 5.91 Å². The van der Waals surface area contributed by atoms with Crippen molar-refractivity contribution in [1.82, 2.24) is 0 Å². The largest absolute Gasteiger partial charge is 0.397 e. The first-order valence-electron chi connectivity index (χ1n) is 6.28. The summed E-state index contributed by atoms with van der Waals surface area (Å²) >= 11 is 0. The number of anilines is 2. The van der Waals surface area contributed by atoms with Crippen LogP contribution in [0.15, 0.2) is 24.3 Å². The Morgan fingerprint density at radius 1 is 1.24 bits per heavy atom. The number of amides is 1. The second-order valence-electron chi connectivity index (χ2n) is 4.32. The van der Waals surface area contributed by atoms with Crippen molar-refractivity contribution >= 4 is 17.3 Å². The Kier molecular flexibility index (Phi) is 5.53. The van der Waals surface area contributed by atoms with E-state index in [0.29, 0.717) is 12.1 Å². The summed E-state index contributed by atoms with van der Waals surface area (Å²) in [6, 6.07) is 7.46. The molecule has 1 amide bonds. The standard InChI is InChI=1S/C14H22N2O/c1-3-4-5-6-11-14(17)16(2)13-10-8-7-9-12(13)15/h7-10H,3-6,11,15H2,1-2H3. The van der Waals surface area contributed by atoms with Crippen LogP contribution >= 0.6 is 0 Å². The van der Waals surface area contributed by atoms with Crippen molar-refractivity contribution in [1.29, 1.82) is 0 Å². The Bertz CT molecular complexity index is 363. The fourth-order valence-corrected chi connectivity index (χ4v) is 1.80. The molecule has 0 aromatic heterocycles. The smallest absolute Gasteiger partial charge is 0.226 e. The van der Waals surface area contributed by atoms with Gasteiger partial charge in [0.25, 0.3) is 0 Å². The molecular formula is C14H22N2O. The van der Waals surface area contributed by atoms with Crippen LogP contribution < -0.4 is 10.6 Å². The van der Waals surface area contributed by atoms with Gasteiger partial charge in [-0.15, -0.1) is 0 Å². The Hall–Kier alpha value is -1.51. The van der Waals surface area contributed by atoms with Crippen LogP contribution in [-0.4, -0.2) is 13.0 Å². The Morgan fingerprint density at radius 3 is 2.59 bits per heavy atom. The van der Waals surface area contributed by atoms with Crippen molar-refractivity contribution < 1.29 is 4.79 Å². The molecule has 0 spiro atoms. The third-order valence-electron chi connectivity index (χ3n) is 2.92. The summed E-state index contributed by atoms with van der Waals surface area (Å²) in [7, 11) is 1.79. The summed E-state index contributed by atoms with van der Waals surface area (Å²) in [6.07, 6.45) is 5.08. The van der Waals surface area contributed by atoms with Crippen LogP contribution in [0, 0.1) is 0 Å². The molecule has 3 heteroatoms. The molecule has 0 fully saturated rings. The Morgan fingerprint density at radius 2 is 1.94 bits per heavy atom. The van der Waals surface area contributed by atoms with Crippen molar-refractivity contribution in [3.8, 4) is 0 Å². The van der Waals surface area contributed by atoms with Crippen molar-refractivity contribution in [2.45, 2.75) is 39.0 Å². The maximum absolute atomic E-state index is 11.9. The molecule has 17 heavy (non-hydrogen) atoms. The zero-order valence-electron chi connectivity index (χ0n) is 10.8. The molecule has 0 atom stereocenters. The first-order chi connectivity index (χ1) is 8.16. The minimum Gasteiger partial charge on any atom is -0.397 e. The number of nitrogens with two attached hydrogens (primary N) is 1. The summed E-state index contributed by atoms with van der Waals surface area (Å²) in [4.78, 5) is 13.6. The van der Waals surface area contributed by atoms with Crippen LogP contribution in [0.4, 0.5) is 11.4 Å². The number of rotatable bonds is 6. The molecular weight excluding hydrogens is 212 g/mol. The first kappa shape index (κ1) is 13.6. The van der Waals surface area contributed by atoms with Crippen LogP contribution in [0.2, 0.25) is 0 Å². The molecule has 0 heterocycles. The summed E-state index contributed by atoms with van der Waals surface area (Å²) in [5.41, 5.74) is 7.29. The molecule has 0 bridgehead atoms. The molecule has 0 aliphatic heterocycles. The van der Waals surface area contributed by atoms with E-state index >= 15 is 0 Å². The molecule has 0 aliphatic rings. The van der Waals surface area contributed by atoms with Gasteiger partial charge in [0.1, 0.15) is 0 Å². The van der Waals surface area contributed by atoms with Gasteiger partial charge < -0.3 is 10.6 Å². The molecule has 0 radical (unpaired) electrons. The van der Waals surface area contributed by atoms with E-state index in [9.17, 15) is 4.79 Å². The number of nitrogen functional groups attached to an aromatic ring is 1. The highest BCUT2D eigenvalue weighted by Crippen LogP contribution is 2.22. The van der Waals surface area contributed by atoms with Gasteiger partial charge in [-0.05, 0) is 18.6 Å². The highest BCUT2D eigenvalue weighted by atomic mass is 16.2. The second kappa shape index (κ2) is 6.94. The normalized spacial score (nSPS) is 10.2. The maximum Gasteiger partial charge on any atom is 0.226 e.